The summed E-state index contributed by atoms with van der Waals surface area (Å²) in [5, 5.41) is 8.69. The fourth-order valence-corrected chi connectivity index (χ4v) is 3.37. The highest BCUT2D eigenvalue weighted by atomic mass is 16.5. The van der Waals surface area contributed by atoms with Gasteiger partial charge in [-0.15, -0.1) is 5.10 Å². The number of rotatable bonds is 0. The van der Waals surface area contributed by atoms with Crippen LogP contribution in [0.2, 0.25) is 0 Å². The van der Waals surface area contributed by atoms with Crippen LogP contribution < -0.4 is 4.74 Å². The van der Waals surface area contributed by atoms with Crippen LogP contribution in [0.5, 0.6) is 5.75 Å². The smallest absolute Gasteiger partial charge is 0.136 e. The fourth-order valence-electron chi connectivity index (χ4n) is 3.37. The number of aryl methyl sites for hydroxylation is 1. The Morgan fingerprint density at radius 1 is 1.11 bits per heavy atom. The Bertz CT molecular complexity index is 645. The fraction of sp³-hybridized carbons (Fsp3) is 0.375. The van der Waals surface area contributed by atoms with Gasteiger partial charge in [0.05, 0.1) is 5.69 Å². The SMILES string of the molecule is Cc1cc2c(nn1)-c1ccccc1OC21CCCC1. The molecule has 1 aliphatic carbocycles. The minimum Gasteiger partial charge on any atom is -0.482 e. The molecule has 0 amide bonds. The van der Waals surface area contributed by atoms with Gasteiger partial charge in [0.15, 0.2) is 0 Å². The Labute approximate surface area is 112 Å². The topological polar surface area (TPSA) is 35.0 Å². The molecule has 3 nitrogen and oxygen atoms in total. The van der Waals surface area contributed by atoms with Crippen LogP contribution in [0.3, 0.4) is 0 Å². The van der Waals surface area contributed by atoms with Gasteiger partial charge in [0.25, 0.3) is 0 Å². The van der Waals surface area contributed by atoms with Crippen LogP contribution in [0.1, 0.15) is 36.9 Å². The van der Waals surface area contributed by atoms with E-state index < -0.39 is 0 Å². The van der Waals surface area contributed by atoms with Crippen molar-refractivity contribution in [3.63, 3.8) is 0 Å². The first kappa shape index (κ1) is 11.0. The summed E-state index contributed by atoms with van der Waals surface area (Å²) in [6.07, 6.45) is 4.62. The van der Waals surface area contributed by atoms with Crippen LogP contribution >= 0.6 is 0 Å². The molecule has 0 radical (unpaired) electrons. The standard InChI is InChI=1S/C16H16N2O/c1-11-10-13-15(18-17-11)12-6-2-3-7-14(12)19-16(13)8-4-5-9-16/h2-3,6-7,10H,4-5,8-9H2,1H3. The van der Waals surface area contributed by atoms with Gasteiger partial charge in [-0.2, -0.15) is 5.10 Å². The highest BCUT2D eigenvalue weighted by molar-refractivity contribution is 5.73. The van der Waals surface area contributed by atoms with E-state index in [4.69, 9.17) is 4.74 Å². The minimum absolute atomic E-state index is 0.162. The van der Waals surface area contributed by atoms with Gasteiger partial charge in [0, 0.05) is 11.1 Å². The van der Waals surface area contributed by atoms with Crippen LogP contribution in [0.25, 0.3) is 11.3 Å². The van der Waals surface area contributed by atoms with Crippen LogP contribution in [0.4, 0.5) is 0 Å². The molecule has 2 aliphatic rings. The summed E-state index contributed by atoms with van der Waals surface area (Å²) in [7, 11) is 0. The molecular formula is C16H16N2O. The molecule has 4 rings (SSSR count). The third-order valence-corrected chi connectivity index (χ3v) is 4.27. The van der Waals surface area contributed by atoms with Crippen molar-refractivity contribution in [1.82, 2.24) is 10.2 Å². The van der Waals surface area contributed by atoms with Gasteiger partial charge >= 0.3 is 0 Å². The molecule has 1 spiro atoms. The van der Waals surface area contributed by atoms with Gasteiger partial charge in [-0.3, -0.25) is 0 Å². The van der Waals surface area contributed by atoms with Gasteiger partial charge in [0.2, 0.25) is 0 Å². The molecular weight excluding hydrogens is 236 g/mol. The zero-order chi connectivity index (χ0) is 12.9. The molecule has 1 aliphatic heterocycles. The third-order valence-electron chi connectivity index (χ3n) is 4.27. The Hall–Kier alpha value is -1.90. The highest BCUT2D eigenvalue weighted by Gasteiger charge is 2.44. The first-order valence-electron chi connectivity index (χ1n) is 6.92. The van der Waals surface area contributed by atoms with Gasteiger partial charge in [-0.05, 0) is 50.8 Å². The number of nitrogens with zero attached hydrogens (tertiary/aromatic N) is 2. The summed E-state index contributed by atoms with van der Waals surface area (Å²) in [4.78, 5) is 0. The molecule has 0 unspecified atom stereocenters. The maximum atomic E-state index is 6.39. The molecule has 0 atom stereocenters. The van der Waals surface area contributed by atoms with Crippen molar-refractivity contribution in [2.45, 2.75) is 38.2 Å². The predicted molar refractivity (Wildman–Crippen MR) is 73.0 cm³/mol. The summed E-state index contributed by atoms with van der Waals surface area (Å²) in [6, 6.07) is 10.3. The lowest BCUT2D eigenvalue weighted by atomic mass is 9.85. The Morgan fingerprint density at radius 3 is 2.74 bits per heavy atom. The molecule has 0 N–H and O–H groups in total. The second-order valence-corrected chi connectivity index (χ2v) is 5.55. The Balaban J connectivity index is 2.01. The molecule has 0 saturated heterocycles. The summed E-state index contributed by atoms with van der Waals surface area (Å²) >= 11 is 0. The van der Waals surface area contributed by atoms with E-state index in [9.17, 15) is 0 Å². The van der Waals surface area contributed by atoms with E-state index >= 15 is 0 Å². The van der Waals surface area contributed by atoms with Gasteiger partial charge in [-0.1, -0.05) is 12.1 Å². The molecule has 1 fully saturated rings. The van der Waals surface area contributed by atoms with E-state index in [1.54, 1.807) is 0 Å². The molecule has 2 aromatic rings. The highest BCUT2D eigenvalue weighted by Crippen LogP contribution is 2.51. The zero-order valence-corrected chi connectivity index (χ0v) is 11.0. The summed E-state index contributed by atoms with van der Waals surface area (Å²) in [5.41, 5.74) is 4.12. The lowest BCUT2D eigenvalue weighted by molar-refractivity contribution is 0.0703. The van der Waals surface area contributed by atoms with E-state index in [2.05, 4.69) is 22.3 Å². The van der Waals surface area contributed by atoms with E-state index in [-0.39, 0.29) is 5.60 Å². The van der Waals surface area contributed by atoms with E-state index in [1.165, 1.54) is 18.4 Å². The van der Waals surface area contributed by atoms with Crippen molar-refractivity contribution in [2.24, 2.45) is 0 Å². The van der Waals surface area contributed by atoms with Crippen molar-refractivity contribution in [2.75, 3.05) is 0 Å². The molecule has 3 heteroatoms. The van der Waals surface area contributed by atoms with Crippen LogP contribution in [-0.4, -0.2) is 10.2 Å². The quantitative estimate of drug-likeness (QED) is 0.718. The van der Waals surface area contributed by atoms with Gasteiger partial charge < -0.3 is 4.74 Å². The van der Waals surface area contributed by atoms with Crippen LogP contribution in [-0.2, 0) is 5.60 Å². The molecule has 96 valence electrons. The van der Waals surface area contributed by atoms with Crippen molar-refractivity contribution in [3.8, 4) is 17.0 Å². The average Bonchev–Trinajstić information content (AvgIpc) is 2.88. The summed E-state index contributed by atoms with van der Waals surface area (Å²) in [6.45, 7) is 2.00. The number of benzene rings is 1. The van der Waals surface area contributed by atoms with Gasteiger partial charge in [0.1, 0.15) is 17.0 Å². The monoisotopic (exact) mass is 252 g/mol. The molecule has 1 aromatic heterocycles. The first-order chi connectivity index (χ1) is 9.28. The second-order valence-electron chi connectivity index (χ2n) is 5.55. The lowest BCUT2D eigenvalue weighted by Crippen LogP contribution is -2.33. The Morgan fingerprint density at radius 2 is 1.89 bits per heavy atom. The maximum Gasteiger partial charge on any atom is 0.136 e. The lowest BCUT2D eigenvalue weighted by Gasteiger charge is -2.36. The number of hydrogen-bond acceptors (Lipinski definition) is 3. The second kappa shape index (κ2) is 3.80. The van der Waals surface area contributed by atoms with E-state index in [0.29, 0.717) is 0 Å². The van der Waals surface area contributed by atoms with Crippen molar-refractivity contribution in [3.05, 3.63) is 41.6 Å². The number of para-hydroxylation sites is 1. The predicted octanol–water partition coefficient (Wildman–Crippen LogP) is 3.61. The third kappa shape index (κ3) is 1.51. The largest absolute Gasteiger partial charge is 0.482 e. The van der Waals surface area contributed by atoms with Crippen LogP contribution in [0.15, 0.2) is 30.3 Å². The molecule has 1 aromatic carbocycles. The van der Waals surface area contributed by atoms with Crippen molar-refractivity contribution >= 4 is 0 Å². The van der Waals surface area contributed by atoms with Crippen molar-refractivity contribution < 1.29 is 4.74 Å². The first-order valence-corrected chi connectivity index (χ1v) is 6.92. The number of aromatic nitrogens is 2. The summed E-state index contributed by atoms with van der Waals surface area (Å²) < 4.78 is 6.39. The van der Waals surface area contributed by atoms with E-state index in [1.807, 2.05) is 25.1 Å². The Kier molecular flexibility index (Phi) is 2.19. The van der Waals surface area contributed by atoms with Crippen molar-refractivity contribution in [1.29, 1.82) is 0 Å². The molecule has 1 saturated carbocycles. The number of fused-ring (bicyclic) bond motifs is 4. The minimum atomic E-state index is -0.162. The molecule has 2 heterocycles. The normalized spacial score (nSPS) is 18.8. The molecule has 19 heavy (non-hydrogen) atoms. The molecule has 0 bridgehead atoms. The summed E-state index contributed by atoms with van der Waals surface area (Å²) in [5.74, 6) is 0.954. The van der Waals surface area contributed by atoms with E-state index in [0.717, 1.165) is 35.5 Å². The average molecular weight is 252 g/mol. The maximum absolute atomic E-state index is 6.39. The number of hydrogen-bond donors (Lipinski definition) is 0. The zero-order valence-electron chi connectivity index (χ0n) is 11.0. The number of ether oxygens (including phenoxy) is 1. The van der Waals surface area contributed by atoms with Gasteiger partial charge in [-0.25, -0.2) is 0 Å². The van der Waals surface area contributed by atoms with Crippen LogP contribution in [0, 0.1) is 6.92 Å².